The van der Waals surface area contributed by atoms with Gasteiger partial charge in [-0.05, 0) is 44.2 Å². The van der Waals surface area contributed by atoms with Crippen LogP contribution in [0.3, 0.4) is 0 Å². The average molecular weight is 444 g/mol. The van der Waals surface area contributed by atoms with Crippen LogP contribution in [0.15, 0.2) is 35.4 Å². The van der Waals surface area contributed by atoms with E-state index in [-0.39, 0.29) is 28.6 Å². The largest absolute Gasteiger partial charge is 0.477 e. The summed E-state index contributed by atoms with van der Waals surface area (Å²) in [5.41, 5.74) is -0.490. The molecule has 2 heterocycles. The second-order valence-electron chi connectivity index (χ2n) is 6.68. The first kappa shape index (κ1) is 21.8. The molecule has 2 aromatic heterocycles. The zero-order valence-electron chi connectivity index (χ0n) is 16.2. The van der Waals surface area contributed by atoms with E-state index in [1.807, 2.05) is 0 Å². The van der Waals surface area contributed by atoms with E-state index in [2.05, 4.69) is 9.71 Å². The van der Waals surface area contributed by atoms with Crippen LogP contribution in [0.5, 0.6) is 0 Å². The molecule has 0 saturated heterocycles. The van der Waals surface area contributed by atoms with Gasteiger partial charge in [-0.25, -0.2) is 18.2 Å². The number of aryl methyl sites for hydroxylation is 1. The van der Waals surface area contributed by atoms with Crippen molar-refractivity contribution < 1.29 is 31.5 Å². The summed E-state index contributed by atoms with van der Waals surface area (Å²) in [6, 6.07) is 4.59. The number of hydrogen-bond acceptors (Lipinski definition) is 4. The molecule has 0 aliphatic rings. The average Bonchev–Trinajstić information content (AvgIpc) is 3.20. The van der Waals surface area contributed by atoms with Gasteiger partial charge in [-0.15, -0.1) is 0 Å². The number of sulfonamides is 1. The highest BCUT2D eigenvalue weighted by molar-refractivity contribution is 7.89. The summed E-state index contributed by atoms with van der Waals surface area (Å²) < 4.78 is 69.6. The molecule has 0 fully saturated rings. The molecule has 0 radical (unpaired) electrons. The van der Waals surface area contributed by atoms with Gasteiger partial charge in [-0.3, -0.25) is 0 Å². The molecule has 0 aliphatic heterocycles. The summed E-state index contributed by atoms with van der Waals surface area (Å²) in [4.78, 5) is 15.5. The second kappa shape index (κ2) is 7.43. The van der Waals surface area contributed by atoms with Crippen LogP contribution in [0.2, 0.25) is 0 Å². The molecule has 2 N–H and O–H groups in total. The van der Waals surface area contributed by atoms with E-state index in [1.165, 1.54) is 30.7 Å². The van der Waals surface area contributed by atoms with Crippen LogP contribution in [0, 0.1) is 0 Å². The third-order valence-corrected chi connectivity index (χ3v) is 6.34. The fraction of sp³-hybridized carbons (Fsp3) is 0.333. The van der Waals surface area contributed by atoms with Crippen molar-refractivity contribution in [2.45, 2.75) is 37.6 Å². The highest BCUT2D eigenvalue weighted by atomic mass is 32.2. The molecule has 162 valence electrons. The Morgan fingerprint density at radius 2 is 1.93 bits per heavy atom. The van der Waals surface area contributed by atoms with Crippen LogP contribution >= 0.6 is 0 Å². The van der Waals surface area contributed by atoms with Gasteiger partial charge in [0.05, 0.1) is 22.6 Å². The Morgan fingerprint density at radius 3 is 2.47 bits per heavy atom. The van der Waals surface area contributed by atoms with Gasteiger partial charge in [-0.2, -0.15) is 17.9 Å². The zero-order chi connectivity index (χ0) is 22.4. The maximum atomic E-state index is 13.1. The first-order valence-electron chi connectivity index (χ1n) is 8.85. The normalized spacial score (nSPS) is 13.7. The molecular formula is C18H19F3N4O4S. The zero-order valence-corrected chi connectivity index (χ0v) is 17.0. The summed E-state index contributed by atoms with van der Waals surface area (Å²) >= 11 is 0. The molecule has 0 saturated carbocycles. The lowest BCUT2D eigenvalue weighted by atomic mass is 10.2. The van der Waals surface area contributed by atoms with Crippen LogP contribution in [0.4, 0.5) is 13.2 Å². The highest BCUT2D eigenvalue weighted by Gasteiger charge is 2.32. The topological polar surface area (TPSA) is 106 Å². The van der Waals surface area contributed by atoms with Gasteiger partial charge in [0.2, 0.25) is 0 Å². The maximum absolute atomic E-state index is 13.1. The lowest BCUT2D eigenvalue weighted by molar-refractivity contribution is -0.137. The SMILES string of the molecule is CCn1c([C@@H](C)NS(=O)(=O)c2ccc(C(=O)O)n2C)nc2ccc(C(F)(F)F)cc21. The van der Waals surface area contributed by atoms with Crippen LogP contribution in [-0.4, -0.2) is 33.6 Å². The number of benzene rings is 1. The number of halogens is 3. The van der Waals surface area contributed by atoms with Crippen molar-refractivity contribution in [3.63, 3.8) is 0 Å². The Bertz CT molecular complexity index is 1230. The lowest BCUT2D eigenvalue weighted by Crippen LogP contribution is -2.30. The van der Waals surface area contributed by atoms with E-state index < -0.39 is 33.8 Å². The predicted molar refractivity (Wildman–Crippen MR) is 102 cm³/mol. The number of fused-ring (bicyclic) bond motifs is 1. The fourth-order valence-electron chi connectivity index (χ4n) is 3.30. The quantitative estimate of drug-likeness (QED) is 0.608. The number of alkyl halides is 3. The molecule has 3 rings (SSSR count). The molecule has 1 aromatic carbocycles. The number of nitrogens with zero attached hydrogens (tertiary/aromatic N) is 3. The number of aromatic carboxylic acids is 1. The third kappa shape index (κ3) is 3.79. The van der Waals surface area contributed by atoms with Gasteiger partial charge in [0.1, 0.15) is 11.5 Å². The van der Waals surface area contributed by atoms with E-state index >= 15 is 0 Å². The number of aromatic nitrogens is 3. The Morgan fingerprint density at radius 1 is 1.27 bits per heavy atom. The summed E-state index contributed by atoms with van der Waals surface area (Å²) in [6.07, 6.45) is -4.52. The minimum Gasteiger partial charge on any atom is -0.477 e. The van der Waals surface area contributed by atoms with Crippen molar-refractivity contribution in [1.29, 1.82) is 0 Å². The maximum Gasteiger partial charge on any atom is 0.416 e. The van der Waals surface area contributed by atoms with Gasteiger partial charge in [0.15, 0.2) is 5.03 Å². The van der Waals surface area contributed by atoms with Crippen molar-refractivity contribution in [1.82, 2.24) is 18.8 Å². The van der Waals surface area contributed by atoms with E-state index in [9.17, 15) is 26.4 Å². The number of carbonyl (C=O) groups is 1. The van der Waals surface area contributed by atoms with Gasteiger partial charge in [-0.1, -0.05) is 0 Å². The lowest BCUT2D eigenvalue weighted by Gasteiger charge is -2.16. The second-order valence-corrected chi connectivity index (χ2v) is 8.34. The molecule has 3 aromatic rings. The molecule has 0 spiro atoms. The molecule has 0 amide bonds. The smallest absolute Gasteiger partial charge is 0.416 e. The molecular weight excluding hydrogens is 425 g/mol. The van der Waals surface area contributed by atoms with E-state index in [0.717, 1.165) is 22.8 Å². The van der Waals surface area contributed by atoms with E-state index in [1.54, 1.807) is 6.92 Å². The molecule has 1 atom stereocenters. The molecule has 0 unspecified atom stereocenters. The summed E-state index contributed by atoms with van der Waals surface area (Å²) in [5, 5.41) is 8.84. The van der Waals surface area contributed by atoms with Crippen molar-refractivity contribution in [2.24, 2.45) is 7.05 Å². The van der Waals surface area contributed by atoms with E-state index in [0.29, 0.717) is 5.52 Å². The van der Waals surface area contributed by atoms with Crippen molar-refractivity contribution in [2.75, 3.05) is 0 Å². The predicted octanol–water partition coefficient (Wildman–Crippen LogP) is 3.15. The van der Waals surface area contributed by atoms with Crippen LogP contribution in [-0.2, 0) is 29.8 Å². The number of imidazole rings is 1. The Kier molecular flexibility index (Phi) is 5.41. The standard InChI is InChI=1S/C18H19F3N4O4S/c1-4-25-14-9-11(18(19,20)21)5-6-12(14)22-16(25)10(2)23-30(28,29)15-8-7-13(17(26)27)24(15)3/h5-10,23H,4H2,1-3H3,(H,26,27)/t10-/m1/s1. The number of nitrogens with one attached hydrogen (secondary N) is 1. The van der Waals surface area contributed by atoms with Crippen LogP contribution < -0.4 is 4.72 Å². The van der Waals surface area contributed by atoms with Crippen molar-refractivity contribution >= 4 is 27.0 Å². The van der Waals surface area contributed by atoms with Gasteiger partial charge in [0.25, 0.3) is 10.0 Å². The van der Waals surface area contributed by atoms with Crippen molar-refractivity contribution in [3.05, 3.63) is 47.4 Å². The fourth-order valence-corrected chi connectivity index (χ4v) is 4.70. The molecule has 0 bridgehead atoms. The number of carboxylic acids is 1. The molecule has 0 aliphatic carbocycles. The highest BCUT2D eigenvalue weighted by Crippen LogP contribution is 2.32. The summed E-state index contributed by atoms with van der Waals surface area (Å²) in [6.45, 7) is 3.49. The molecule has 12 heteroatoms. The van der Waals surface area contributed by atoms with Crippen LogP contribution in [0.1, 0.15) is 41.8 Å². The number of rotatable bonds is 6. The Balaban J connectivity index is 2.00. The van der Waals surface area contributed by atoms with Gasteiger partial charge >= 0.3 is 12.1 Å². The summed E-state index contributed by atoms with van der Waals surface area (Å²) in [7, 11) is -2.82. The Labute approximate surface area is 170 Å². The third-order valence-electron chi connectivity index (χ3n) is 4.71. The van der Waals surface area contributed by atoms with Crippen LogP contribution in [0.25, 0.3) is 11.0 Å². The van der Waals surface area contributed by atoms with Crippen molar-refractivity contribution in [3.8, 4) is 0 Å². The number of hydrogen-bond donors (Lipinski definition) is 2. The van der Waals surface area contributed by atoms with Gasteiger partial charge in [0, 0.05) is 13.6 Å². The monoisotopic (exact) mass is 444 g/mol. The number of carboxylic acid groups (broad SMARTS) is 1. The van der Waals surface area contributed by atoms with E-state index in [4.69, 9.17) is 5.11 Å². The Hall–Kier alpha value is -2.86. The first-order chi connectivity index (χ1) is 13.9. The first-order valence-corrected chi connectivity index (χ1v) is 10.3. The molecule has 30 heavy (non-hydrogen) atoms. The summed E-state index contributed by atoms with van der Waals surface area (Å²) in [5.74, 6) is -1.04. The molecule has 8 nitrogen and oxygen atoms in total. The minimum absolute atomic E-state index is 0.205. The van der Waals surface area contributed by atoms with Gasteiger partial charge < -0.3 is 14.2 Å². The minimum atomic E-state index is -4.52.